The highest BCUT2D eigenvalue weighted by atomic mass is 35.5. The number of halogens is 1. The maximum Gasteiger partial charge on any atom is 0.366 e. The van der Waals surface area contributed by atoms with Gasteiger partial charge in [0.05, 0.1) is 18.5 Å². The van der Waals surface area contributed by atoms with E-state index in [0.717, 1.165) is 0 Å². The summed E-state index contributed by atoms with van der Waals surface area (Å²) in [6.07, 6.45) is 2.56. The Morgan fingerprint density at radius 3 is 3.00 bits per heavy atom. The molecule has 0 spiro atoms. The van der Waals surface area contributed by atoms with Crippen molar-refractivity contribution in [3.05, 3.63) is 23.4 Å². The lowest BCUT2D eigenvalue weighted by molar-refractivity contribution is -0.138. The van der Waals surface area contributed by atoms with E-state index in [9.17, 15) is 9.59 Å². The molecule has 0 aliphatic heterocycles. The molecular formula is C9H8ClN3O3. The quantitative estimate of drug-likeness (QED) is 0.364. The van der Waals surface area contributed by atoms with Crippen molar-refractivity contribution in [2.75, 3.05) is 11.9 Å². The Hall–Kier alpha value is -1.91. The summed E-state index contributed by atoms with van der Waals surface area (Å²) in [5.41, 5.74) is -0.144. The summed E-state index contributed by atoms with van der Waals surface area (Å²) in [5.74, 6) is 0.621. The smallest absolute Gasteiger partial charge is 0.366 e. The van der Waals surface area contributed by atoms with E-state index in [1.807, 2.05) is 0 Å². The summed E-state index contributed by atoms with van der Waals surface area (Å²) in [6.45, 7) is 1.78. The third-order valence-electron chi connectivity index (χ3n) is 1.50. The van der Waals surface area contributed by atoms with Crippen LogP contribution in [0.4, 0.5) is 5.69 Å². The summed E-state index contributed by atoms with van der Waals surface area (Å²) < 4.78 is 4.62. The molecule has 6 nitrogen and oxygen atoms in total. The number of hydrogen-bond donors (Lipinski definition) is 1. The number of nitrogens with one attached hydrogen (secondary N) is 1. The minimum absolute atomic E-state index is 0.0899. The number of rotatable bonds is 4. The van der Waals surface area contributed by atoms with Crippen LogP contribution in [0.5, 0.6) is 0 Å². The van der Waals surface area contributed by atoms with Crippen molar-refractivity contribution in [3.8, 4) is 0 Å². The molecular weight excluding hydrogens is 234 g/mol. The molecule has 0 amide bonds. The van der Waals surface area contributed by atoms with E-state index in [4.69, 9.17) is 11.6 Å². The number of hydrogen-bond acceptors (Lipinski definition) is 6. The Morgan fingerprint density at radius 2 is 2.44 bits per heavy atom. The van der Waals surface area contributed by atoms with Crippen LogP contribution in [-0.4, -0.2) is 28.5 Å². The number of aromatic nitrogens is 2. The van der Waals surface area contributed by atoms with E-state index in [-0.39, 0.29) is 23.1 Å². The van der Waals surface area contributed by atoms with E-state index < -0.39 is 5.97 Å². The first-order valence-corrected chi connectivity index (χ1v) is 4.71. The minimum Gasteiger partial charge on any atom is -0.461 e. The number of esters is 1. The lowest BCUT2D eigenvalue weighted by atomic mass is 10.4. The van der Waals surface area contributed by atoms with Gasteiger partial charge in [0.15, 0.2) is 11.1 Å². The third kappa shape index (κ3) is 3.05. The fourth-order valence-electron chi connectivity index (χ4n) is 0.855. The van der Waals surface area contributed by atoms with Crippen LogP contribution in [0.25, 0.3) is 0 Å². The van der Waals surface area contributed by atoms with Crippen LogP contribution in [0.15, 0.2) is 18.2 Å². The Labute approximate surface area is 96.3 Å². The average Bonchev–Trinajstić information content (AvgIpc) is 2.28. The molecule has 1 aromatic heterocycles. The topological polar surface area (TPSA) is 81.2 Å². The van der Waals surface area contributed by atoms with Crippen LogP contribution in [0.2, 0.25) is 5.15 Å². The highest BCUT2D eigenvalue weighted by Gasteiger charge is 2.13. The van der Waals surface area contributed by atoms with Crippen LogP contribution in [0, 0.1) is 0 Å². The first-order chi connectivity index (χ1) is 7.69. The molecule has 16 heavy (non-hydrogen) atoms. The predicted octanol–water partition coefficient (Wildman–Crippen LogP) is 0.821. The lowest BCUT2D eigenvalue weighted by Gasteiger charge is -2.06. The van der Waals surface area contributed by atoms with Gasteiger partial charge in [-0.25, -0.2) is 19.6 Å². The van der Waals surface area contributed by atoms with Gasteiger partial charge in [-0.2, -0.15) is 0 Å². The van der Waals surface area contributed by atoms with Gasteiger partial charge in [0.25, 0.3) is 0 Å². The molecule has 1 rings (SSSR count). The average molecular weight is 242 g/mol. The highest BCUT2D eigenvalue weighted by molar-refractivity contribution is 6.32. The Balaban J connectivity index is 2.84. The molecule has 0 bridgehead atoms. The molecule has 1 heterocycles. The van der Waals surface area contributed by atoms with Crippen molar-refractivity contribution < 1.29 is 14.3 Å². The molecule has 84 valence electrons. The first kappa shape index (κ1) is 12.2. The highest BCUT2D eigenvalue weighted by Crippen LogP contribution is 2.17. The van der Waals surface area contributed by atoms with Gasteiger partial charge in [0.1, 0.15) is 6.33 Å². The van der Waals surface area contributed by atoms with Crippen LogP contribution in [0.1, 0.15) is 6.92 Å². The molecule has 0 aliphatic carbocycles. The summed E-state index contributed by atoms with van der Waals surface area (Å²) >= 11 is 5.70. The zero-order valence-corrected chi connectivity index (χ0v) is 9.11. The number of anilines is 1. The van der Waals surface area contributed by atoms with Crippen molar-refractivity contribution >= 4 is 29.2 Å². The summed E-state index contributed by atoms with van der Waals surface area (Å²) in [6, 6.07) is 0. The molecule has 1 N–H and O–H groups in total. The van der Waals surface area contributed by atoms with E-state index in [0.29, 0.717) is 0 Å². The summed E-state index contributed by atoms with van der Waals surface area (Å²) in [5, 5.41) is 2.53. The van der Waals surface area contributed by atoms with Crippen molar-refractivity contribution in [3.63, 3.8) is 0 Å². The SMILES string of the molecule is CCOC(=O)C(=C=O)Nc1cncnc1Cl. The zero-order valence-electron chi connectivity index (χ0n) is 8.36. The number of carbonyl (C=O) groups is 1. The molecule has 0 radical (unpaired) electrons. The Morgan fingerprint density at radius 1 is 1.69 bits per heavy atom. The normalized spacial score (nSPS) is 9.12. The van der Waals surface area contributed by atoms with Crippen LogP contribution >= 0.6 is 11.6 Å². The van der Waals surface area contributed by atoms with Gasteiger partial charge in [0.2, 0.25) is 5.70 Å². The van der Waals surface area contributed by atoms with Gasteiger partial charge in [-0.15, -0.1) is 0 Å². The molecule has 0 fully saturated rings. The molecule has 0 unspecified atom stereocenters. The van der Waals surface area contributed by atoms with Crippen LogP contribution in [0.3, 0.4) is 0 Å². The van der Waals surface area contributed by atoms with E-state index in [1.54, 1.807) is 6.92 Å². The molecule has 0 aromatic carbocycles. The largest absolute Gasteiger partial charge is 0.461 e. The number of carbonyl (C=O) groups excluding carboxylic acids is 2. The Kier molecular flexibility index (Phi) is 4.44. The predicted molar refractivity (Wildman–Crippen MR) is 56.5 cm³/mol. The molecule has 0 aliphatic rings. The zero-order chi connectivity index (χ0) is 12.0. The van der Waals surface area contributed by atoms with Gasteiger partial charge in [-0.3, -0.25) is 0 Å². The van der Waals surface area contributed by atoms with E-state index in [1.165, 1.54) is 18.5 Å². The molecule has 1 aromatic rings. The minimum atomic E-state index is -0.808. The monoisotopic (exact) mass is 241 g/mol. The molecule has 0 saturated carbocycles. The molecule has 7 heteroatoms. The number of ether oxygens (including phenoxy) is 1. The van der Waals surface area contributed by atoms with Crippen LogP contribution in [-0.2, 0) is 14.3 Å². The van der Waals surface area contributed by atoms with Crippen molar-refractivity contribution in [1.82, 2.24) is 9.97 Å². The van der Waals surface area contributed by atoms with Crippen molar-refractivity contribution in [2.24, 2.45) is 0 Å². The fourth-order valence-corrected chi connectivity index (χ4v) is 0.994. The standard InChI is InChI=1S/C9H8ClN3O3/c1-2-16-9(15)7(4-14)13-6-3-11-5-12-8(6)10/h3,5,13H,2H2,1H3. The van der Waals surface area contributed by atoms with Gasteiger partial charge >= 0.3 is 5.97 Å². The Bertz CT molecular complexity index is 443. The fraction of sp³-hybridized carbons (Fsp3) is 0.222. The second-order valence-corrected chi connectivity index (χ2v) is 2.91. The second-order valence-electron chi connectivity index (χ2n) is 2.55. The van der Waals surface area contributed by atoms with Crippen molar-refractivity contribution in [2.45, 2.75) is 6.92 Å². The summed E-state index contributed by atoms with van der Waals surface area (Å²) in [7, 11) is 0. The van der Waals surface area contributed by atoms with Crippen molar-refractivity contribution in [1.29, 1.82) is 0 Å². The molecule has 0 saturated heterocycles. The van der Waals surface area contributed by atoms with Gasteiger partial charge in [-0.1, -0.05) is 11.6 Å². The number of nitrogens with zero attached hydrogens (tertiary/aromatic N) is 2. The van der Waals surface area contributed by atoms with Gasteiger partial charge < -0.3 is 10.1 Å². The van der Waals surface area contributed by atoms with Gasteiger partial charge in [-0.05, 0) is 6.92 Å². The van der Waals surface area contributed by atoms with E-state index >= 15 is 0 Å². The maximum atomic E-state index is 11.2. The third-order valence-corrected chi connectivity index (χ3v) is 1.81. The molecule has 0 atom stereocenters. The van der Waals surface area contributed by atoms with Crippen LogP contribution < -0.4 is 5.32 Å². The lowest BCUT2D eigenvalue weighted by Crippen LogP contribution is -2.15. The summed E-state index contributed by atoms with van der Waals surface area (Å²) in [4.78, 5) is 29.1. The van der Waals surface area contributed by atoms with E-state index in [2.05, 4.69) is 20.0 Å². The maximum absolute atomic E-state index is 11.2. The first-order valence-electron chi connectivity index (χ1n) is 4.33. The second kappa shape index (κ2) is 5.85. The van der Waals surface area contributed by atoms with Gasteiger partial charge in [0, 0.05) is 0 Å².